The Hall–Kier alpha value is -0.900. The minimum atomic E-state index is 0.576. The van der Waals surface area contributed by atoms with Crippen LogP contribution in [0.2, 0.25) is 0 Å². The third kappa shape index (κ3) is 2.37. The first-order valence-corrected chi connectivity index (χ1v) is 6.84. The number of rotatable bonds is 2. The Bertz CT molecular complexity index is 382. The lowest BCUT2D eigenvalue weighted by Crippen LogP contribution is -2.19. The number of aromatic nitrogens is 3. The quantitative estimate of drug-likeness (QED) is 0.788. The largest absolute Gasteiger partial charge is 0.381 e. The molecule has 1 aromatic rings. The van der Waals surface area contributed by atoms with Crippen LogP contribution in [0.1, 0.15) is 50.2 Å². The first-order chi connectivity index (χ1) is 8.33. The molecule has 0 aromatic carbocycles. The second-order valence-electron chi connectivity index (χ2n) is 5.44. The van der Waals surface area contributed by atoms with Gasteiger partial charge in [0.05, 0.1) is 0 Å². The highest BCUT2D eigenvalue weighted by Crippen LogP contribution is 2.25. The summed E-state index contributed by atoms with van der Waals surface area (Å²) < 4.78 is 7.63. The first kappa shape index (κ1) is 11.2. The molecule has 4 nitrogen and oxygen atoms in total. The molecule has 0 amide bonds. The van der Waals surface area contributed by atoms with Crippen molar-refractivity contribution in [3.8, 4) is 0 Å². The fourth-order valence-corrected chi connectivity index (χ4v) is 2.92. The van der Waals surface area contributed by atoms with Gasteiger partial charge in [0.15, 0.2) is 5.82 Å². The summed E-state index contributed by atoms with van der Waals surface area (Å²) in [5.41, 5.74) is 0. The predicted molar refractivity (Wildman–Crippen MR) is 64.9 cm³/mol. The Morgan fingerprint density at radius 3 is 3.06 bits per heavy atom. The summed E-state index contributed by atoms with van der Waals surface area (Å²) in [5.74, 6) is 3.43. The van der Waals surface area contributed by atoms with Gasteiger partial charge >= 0.3 is 0 Å². The van der Waals surface area contributed by atoms with Gasteiger partial charge in [0.1, 0.15) is 5.82 Å². The van der Waals surface area contributed by atoms with Gasteiger partial charge in [-0.1, -0.05) is 6.92 Å². The van der Waals surface area contributed by atoms with E-state index in [4.69, 9.17) is 9.72 Å². The molecule has 2 aliphatic heterocycles. The van der Waals surface area contributed by atoms with Crippen molar-refractivity contribution < 1.29 is 4.74 Å². The molecule has 2 aliphatic rings. The molecule has 2 atom stereocenters. The van der Waals surface area contributed by atoms with Gasteiger partial charge in [0, 0.05) is 32.1 Å². The van der Waals surface area contributed by atoms with Gasteiger partial charge in [-0.3, -0.25) is 0 Å². The van der Waals surface area contributed by atoms with Crippen LogP contribution >= 0.6 is 0 Å². The molecule has 94 valence electrons. The standard InChI is InChI=1S/C13H21N3O/c1-10-4-2-6-16-13(10)14-12(15-16)8-11-5-3-7-17-9-11/h10-11H,2-9H2,1H3. The van der Waals surface area contributed by atoms with E-state index < -0.39 is 0 Å². The molecule has 1 aromatic heterocycles. The van der Waals surface area contributed by atoms with Gasteiger partial charge in [-0.25, -0.2) is 9.67 Å². The highest BCUT2D eigenvalue weighted by molar-refractivity contribution is 5.02. The smallest absolute Gasteiger partial charge is 0.151 e. The fourth-order valence-electron chi connectivity index (χ4n) is 2.92. The van der Waals surface area contributed by atoms with E-state index in [0.717, 1.165) is 32.0 Å². The highest BCUT2D eigenvalue weighted by Gasteiger charge is 2.22. The van der Waals surface area contributed by atoms with E-state index in [-0.39, 0.29) is 0 Å². The molecule has 0 aliphatic carbocycles. The average Bonchev–Trinajstić information content (AvgIpc) is 2.74. The van der Waals surface area contributed by atoms with Crippen LogP contribution in [0.3, 0.4) is 0 Å². The number of ether oxygens (including phenoxy) is 1. The molecular formula is C13H21N3O. The van der Waals surface area contributed by atoms with Gasteiger partial charge in [-0.05, 0) is 31.6 Å². The Morgan fingerprint density at radius 2 is 2.29 bits per heavy atom. The predicted octanol–water partition coefficient (Wildman–Crippen LogP) is 2.14. The lowest BCUT2D eigenvalue weighted by molar-refractivity contribution is 0.0543. The molecule has 0 saturated carbocycles. The zero-order valence-electron chi connectivity index (χ0n) is 10.6. The van der Waals surface area contributed by atoms with Crippen molar-refractivity contribution in [1.82, 2.24) is 14.8 Å². The van der Waals surface area contributed by atoms with Crippen molar-refractivity contribution in [1.29, 1.82) is 0 Å². The molecular weight excluding hydrogens is 214 g/mol. The Labute approximate surface area is 102 Å². The average molecular weight is 235 g/mol. The van der Waals surface area contributed by atoms with Crippen molar-refractivity contribution in [2.24, 2.45) is 5.92 Å². The van der Waals surface area contributed by atoms with E-state index in [9.17, 15) is 0 Å². The van der Waals surface area contributed by atoms with Crippen molar-refractivity contribution in [3.05, 3.63) is 11.6 Å². The minimum Gasteiger partial charge on any atom is -0.381 e. The zero-order valence-corrected chi connectivity index (χ0v) is 10.6. The van der Waals surface area contributed by atoms with E-state index in [1.165, 1.54) is 31.5 Å². The van der Waals surface area contributed by atoms with Gasteiger partial charge in [0.2, 0.25) is 0 Å². The van der Waals surface area contributed by atoms with Crippen LogP contribution in [-0.4, -0.2) is 28.0 Å². The van der Waals surface area contributed by atoms with Crippen molar-refractivity contribution in [2.45, 2.75) is 51.5 Å². The van der Waals surface area contributed by atoms with Crippen LogP contribution in [-0.2, 0) is 17.7 Å². The maximum Gasteiger partial charge on any atom is 0.151 e. The fraction of sp³-hybridized carbons (Fsp3) is 0.846. The Balaban J connectivity index is 1.71. The van der Waals surface area contributed by atoms with Crippen LogP contribution in [0.15, 0.2) is 0 Å². The molecule has 1 saturated heterocycles. The maximum atomic E-state index is 5.52. The molecule has 2 unspecified atom stereocenters. The number of nitrogens with zero attached hydrogens (tertiary/aromatic N) is 3. The van der Waals surface area contributed by atoms with E-state index in [1.54, 1.807) is 0 Å². The van der Waals surface area contributed by atoms with Crippen LogP contribution in [0, 0.1) is 5.92 Å². The first-order valence-electron chi connectivity index (χ1n) is 6.84. The van der Waals surface area contributed by atoms with Crippen molar-refractivity contribution in [3.63, 3.8) is 0 Å². The number of hydrogen-bond acceptors (Lipinski definition) is 3. The van der Waals surface area contributed by atoms with Gasteiger partial charge in [-0.2, -0.15) is 5.10 Å². The number of fused-ring (bicyclic) bond motifs is 1. The summed E-state index contributed by atoms with van der Waals surface area (Å²) in [6.07, 6.45) is 5.94. The Kier molecular flexibility index (Phi) is 3.14. The minimum absolute atomic E-state index is 0.576. The van der Waals surface area contributed by atoms with E-state index in [1.807, 2.05) is 0 Å². The maximum absolute atomic E-state index is 5.52. The molecule has 3 heterocycles. The van der Waals surface area contributed by atoms with Crippen molar-refractivity contribution in [2.75, 3.05) is 13.2 Å². The van der Waals surface area contributed by atoms with E-state index in [0.29, 0.717) is 11.8 Å². The third-order valence-electron chi connectivity index (χ3n) is 3.92. The Morgan fingerprint density at radius 1 is 1.35 bits per heavy atom. The molecule has 0 N–H and O–H groups in total. The van der Waals surface area contributed by atoms with Gasteiger partial charge in [-0.15, -0.1) is 0 Å². The number of aryl methyl sites for hydroxylation is 1. The monoisotopic (exact) mass is 235 g/mol. The summed E-state index contributed by atoms with van der Waals surface area (Å²) >= 11 is 0. The number of hydrogen-bond donors (Lipinski definition) is 0. The molecule has 0 bridgehead atoms. The van der Waals surface area contributed by atoms with Gasteiger partial charge < -0.3 is 4.74 Å². The molecule has 1 fully saturated rings. The van der Waals surface area contributed by atoms with Crippen LogP contribution in [0.5, 0.6) is 0 Å². The second-order valence-corrected chi connectivity index (χ2v) is 5.44. The van der Waals surface area contributed by atoms with E-state index in [2.05, 4.69) is 16.7 Å². The molecule has 17 heavy (non-hydrogen) atoms. The lowest BCUT2D eigenvalue weighted by atomic mass is 9.98. The normalized spacial score (nSPS) is 29.0. The topological polar surface area (TPSA) is 39.9 Å². The highest BCUT2D eigenvalue weighted by atomic mass is 16.5. The summed E-state index contributed by atoms with van der Waals surface area (Å²) in [6, 6.07) is 0. The summed E-state index contributed by atoms with van der Waals surface area (Å²) in [4.78, 5) is 4.72. The van der Waals surface area contributed by atoms with Crippen molar-refractivity contribution >= 4 is 0 Å². The SMILES string of the molecule is CC1CCCn2nc(CC3CCCOC3)nc21. The third-order valence-corrected chi connectivity index (χ3v) is 3.92. The second kappa shape index (κ2) is 4.77. The summed E-state index contributed by atoms with van der Waals surface area (Å²) in [5, 5.41) is 4.65. The molecule has 3 rings (SSSR count). The van der Waals surface area contributed by atoms with E-state index >= 15 is 0 Å². The summed E-state index contributed by atoms with van der Waals surface area (Å²) in [7, 11) is 0. The zero-order chi connectivity index (χ0) is 11.7. The molecule has 0 spiro atoms. The lowest BCUT2D eigenvalue weighted by Gasteiger charge is -2.20. The van der Waals surface area contributed by atoms with Crippen LogP contribution in [0.25, 0.3) is 0 Å². The van der Waals surface area contributed by atoms with Crippen LogP contribution in [0.4, 0.5) is 0 Å². The molecule has 4 heteroatoms. The van der Waals surface area contributed by atoms with Crippen LogP contribution < -0.4 is 0 Å². The summed E-state index contributed by atoms with van der Waals surface area (Å²) in [6.45, 7) is 5.13. The van der Waals surface area contributed by atoms with Gasteiger partial charge in [0.25, 0.3) is 0 Å². The molecule has 0 radical (unpaired) electrons.